The Hall–Kier alpha value is -2.06. The fourth-order valence-corrected chi connectivity index (χ4v) is 4.77. The maximum atomic E-state index is 12.8. The van der Waals surface area contributed by atoms with E-state index < -0.39 is 10.0 Å². The summed E-state index contributed by atoms with van der Waals surface area (Å²) in [5, 5.41) is 0.480. The van der Waals surface area contributed by atoms with Crippen molar-refractivity contribution in [2.24, 2.45) is 0 Å². The van der Waals surface area contributed by atoms with Crippen LogP contribution in [0.15, 0.2) is 53.4 Å². The molecule has 1 heterocycles. The Morgan fingerprint density at radius 3 is 2.41 bits per heavy atom. The van der Waals surface area contributed by atoms with Crippen LogP contribution in [0.25, 0.3) is 6.08 Å². The van der Waals surface area contributed by atoms with Crippen LogP contribution in [0.5, 0.6) is 5.75 Å². The predicted molar refractivity (Wildman–Crippen MR) is 114 cm³/mol. The van der Waals surface area contributed by atoms with Crippen LogP contribution in [0.3, 0.4) is 0 Å². The average Bonchev–Trinajstić information content (AvgIpc) is 2.74. The second kappa shape index (κ2) is 9.17. The first kappa shape index (κ1) is 21.6. The highest BCUT2D eigenvalue weighted by molar-refractivity contribution is 7.89. The van der Waals surface area contributed by atoms with Gasteiger partial charge in [-0.3, -0.25) is 4.79 Å². The second-order valence-electron chi connectivity index (χ2n) is 6.42. The number of piperazine rings is 1. The third kappa shape index (κ3) is 5.11. The maximum Gasteiger partial charge on any atom is 0.246 e. The first-order chi connectivity index (χ1) is 13.8. The molecule has 2 aromatic carbocycles. The zero-order valence-corrected chi connectivity index (χ0v) is 18.0. The minimum atomic E-state index is -3.69. The number of benzene rings is 2. The Morgan fingerprint density at radius 1 is 1.03 bits per heavy atom. The van der Waals surface area contributed by atoms with E-state index in [1.165, 1.54) is 28.6 Å². The smallest absolute Gasteiger partial charge is 0.246 e. The van der Waals surface area contributed by atoms with Crippen molar-refractivity contribution in [3.63, 3.8) is 0 Å². The first-order valence-electron chi connectivity index (χ1n) is 8.87. The van der Waals surface area contributed by atoms with Gasteiger partial charge in [-0.05, 0) is 42.0 Å². The Morgan fingerprint density at radius 2 is 1.76 bits per heavy atom. The highest BCUT2D eigenvalue weighted by Gasteiger charge is 2.29. The molecule has 0 bridgehead atoms. The molecule has 1 aliphatic heterocycles. The van der Waals surface area contributed by atoms with E-state index in [1.807, 2.05) is 24.3 Å². The number of methoxy groups -OCH3 is 1. The molecule has 2 aromatic rings. The van der Waals surface area contributed by atoms with Gasteiger partial charge < -0.3 is 9.64 Å². The fourth-order valence-electron chi connectivity index (χ4n) is 2.95. The van der Waals surface area contributed by atoms with Crippen LogP contribution >= 0.6 is 23.2 Å². The zero-order chi connectivity index (χ0) is 21.0. The number of rotatable bonds is 5. The van der Waals surface area contributed by atoms with Crippen LogP contribution in [0, 0.1) is 0 Å². The Bertz CT molecular complexity index is 1030. The molecule has 1 fully saturated rings. The van der Waals surface area contributed by atoms with E-state index in [-0.39, 0.29) is 28.9 Å². The van der Waals surface area contributed by atoms with Gasteiger partial charge in [-0.1, -0.05) is 35.3 Å². The molecule has 1 aliphatic rings. The molecule has 0 atom stereocenters. The third-order valence-electron chi connectivity index (χ3n) is 4.59. The lowest BCUT2D eigenvalue weighted by atomic mass is 10.2. The molecule has 0 aliphatic carbocycles. The van der Waals surface area contributed by atoms with Crippen LogP contribution in [-0.2, 0) is 14.8 Å². The maximum absolute atomic E-state index is 12.8. The lowest BCUT2D eigenvalue weighted by molar-refractivity contribution is -0.127. The van der Waals surface area contributed by atoms with Gasteiger partial charge in [-0.2, -0.15) is 4.31 Å². The molecule has 1 saturated heterocycles. The van der Waals surface area contributed by atoms with E-state index in [2.05, 4.69) is 0 Å². The quantitative estimate of drug-likeness (QED) is 0.647. The predicted octanol–water partition coefficient (Wildman–Crippen LogP) is 3.55. The highest BCUT2D eigenvalue weighted by atomic mass is 35.5. The molecular formula is C20H20Cl2N2O4S. The summed E-state index contributed by atoms with van der Waals surface area (Å²) in [6.07, 6.45) is 3.20. The van der Waals surface area contributed by atoms with Crippen molar-refractivity contribution in [1.82, 2.24) is 9.21 Å². The third-order valence-corrected chi connectivity index (χ3v) is 7.22. The number of nitrogens with zero attached hydrogens (tertiary/aromatic N) is 2. The van der Waals surface area contributed by atoms with Crippen molar-refractivity contribution in [3.05, 3.63) is 64.1 Å². The lowest BCUT2D eigenvalue weighted by Gasteiger charge is -2.33. The van der Waals surface area contributed by atoms with Gasteiger partial charge in [-0.25, -0.2) is 8.42 Å². The van der Waals surface area contributed by atoms with Crippen molar-refractivity contribution in [3.8, 4) is 5.75 Å². The standard InChI is InChI=1S/C20H20Cl2N2O4S/c1-28-16-4-2-3-15(13-16)5-8-20(25)23-9-11-24(12-10-23)29(26,27)17-6-7-18(21)19(22)14-17/h2-8,13-14H,9-12H2,1H3/b8-5+. The lowest BCUT2D eigenvalue weighted by Crippen LogP contribution is -2.50. The summed E-state index contributed by atoms with van der Waals surface area (Å²) in [5.41, 5.74) is 0.846. The van der Waals surface area contributed by atoms with Crippen molar-refractivity contribution in [2.75, 3.05) is 33.3 Å². The summed E-state index contributed by atoms with van der Waals surface area (Å²) in [5.74, 6) is 0.542. The van der Waals surface area contributed by atoms with E-state index in [9.17, 15) is 13.2 Å². The van der Waals surface area contributed by atoms with Crippen LogP contribution in [0.1, 0.15) is 5.56 Å². The van der Waals surface area contributed by atoms with Gasteiger partial charge >= 0.3 is 0 Å². The number of carbonyl (C=O) groups excluding carboxylic acids is 1. The molecule has 154 valence electrons. The number of ether oxygens (including phenoxy) is 1. The van der Waals surface area contributed by atoms with Gasteiger partial charge in [-0.15, -0.1) is 0 Å². The monoisotopic (exact) mass is 454 g/mol. The summed E-state index contributed by atoms with van der Waals surface area (Å²) in [7, 11) is -2.11. The number of carbonyl (C=O) groups is 1. The normalized spacial score (nSPS) is 15.6. The summed E-state index contributed by atoms with van der Waals surface area (Å²) in [6, 6.07) is 11.6. The van der Waals surface area contributed by atoms with Gasteiger partial charge in [0.25, 0.3) is 0 Å². The molecule has 0 aromatic heterocycles. The van der Waals surface area contributed by atoms with Gasteiger partial charge in [0.05, 0.1) is 22.1 Å². The zero-order valence-electron chi connectivity index (χ0n) is 15.7. The van der Waals surface area contributed by atoms with Gasteiger partial charge in [0, 0.05) is 32.3 Å². The van der Waals surface area contributed by atoms with E-state index in [4.69, 9.17) is 27.9 Å². The first-order valence-corrected chi connectivity index (χ1v) is 11.1. The van der Waals surface area contributed by atoms with E-state index in [0.717, 1.165) is 5.56 Å². The van der Waals surface area contributed by atoms with Crippen LogP contribution in [-0.4, -0.2) is 56.8 Å². The number of hydrogen-bond donors (Lipinski definition) is 0. The molecule has 0 unspecified atom stereocenters. The van der Waals surface area contributed by atoms with Gasteiger partial charge in [0.1, 0.15) is 5.75 Å². The highest BCUT2D eigenvalue weighted by Crippen LogP contribution is 2.27. The molecule has 3 rings (SSSR count). The fraction of sp³-hybridized carbons (Fsp3) is 0.250. The molecule has 29 heavy (non-hydrogen) atoms. The Labute approximate surface area is 180 Å². The Kier molecular flexibility index (Phi) is 6.85. The summed E-state index contributed by atoms with van der Waals surface area (Å²) < 4.78 is 32.1. The summed E-state index contributed by atoms with van der Waals surface area (Å²) >= 11 is 11.8. The van der Waals surface area contributed by atoms with Crippen molar-refractivity contribution >= 4 is 45.2 Å². The summed E-state index contributed by atoms with van der Waals surface area (Å²) in [6.45, 7) is 1.03. The van der Waals surface area contributed by atoms with E-state index in [0.29, 0.717) is 23.9 Å². The van der Waals surface area contributed by atoms with Gasteiger partial charge in [0.15, 0.2) is 0 Å². The SMILES string of the molecule is COc1cccc(/C=C/C(=O)N2CCN(S(=O)(=O)c3ccc(Cl)c(Cl)c3)CC2)c1. The van der Waals surface area contributed by atoms with Crippen molar-refractivity contribution < 1.29 is 17.9 Å². The van der Waals surface area contributed by atoms with E-state index in [1.54, 1.807) is 18.1 Å². The minimum Gasteiger partial charge on any atom is -0.497 e. The molecule has 0 spiro atoms. The molecule has 9 heteroatoms. The molecular weight excluding hydrogens is 435 g/mol. The number of hydrogen-bond acceptors (Lipinski definition) is 4. The molecule has 0 N–H and O–H groups in total. The summed E-state index contributed by atoms with van der Waals surface area (Å²) in [4.78, 5) is 14.2. The van der Waals surface area contributed by atoms with Crippen molar-refractivity contribution in [2.45, 2.75) is 4.90 Å². The minimum absolute atomic E-state index is 0.0876. The average molecular weight is 455 g/mol. The number of halogens is 2. The second-order valence-corrected chi connectivity index (χ2v) is 9.17. The van der Waals surface area contributed by atoms with Crippen LogP contribution in [0.2, 0.25) is 10.0 Å². The van der Waals surface area contributed by atoms with E-state index >= 15 is 0 Å². The molecule has 1 amide bonds. The Balaban J connectivity index is 1.62. The molecule has 0 saturated carbocycles. The number of amides is 1. The topological polar surface area (TPSA) is 66.9 Å². The largest absolute Gasteiger partial charge is 0.497 e. The number of sulfonamides is 1. The molecule has 6 nitrogen and oxygen atoms in total. The molecule has 0 radical (unpaired) electrons. The van der Waals surface area contributed by atoms with Crippen LogP contribution < -0.4 is 4.74 Å². The van der Waals surface area contributed by atoms with Gasteiger partial charge in [0.2, 0.25) is 15.9 Å². The van der Waals surface area contributed by atoms with Crippen LogP contribution in [0.4, 0.5) is 0 Å². The van der Waals surface area contributed by atoms with Crippen molar-refractivity contribution in [1.29, 1.82) is 0 Å².